The largest absolute Gasteiger partial charge is 0.322 e. The van der Waals surface area contributed by atoms with Gasteiger partial charge in [-0.15, -0.1) is 0 Å². The number of hydrogen-bond donors (Lipinski definition) is 3. The van der Waals surface area contributed by atoms with E-state index in [4.69, 9.17) is 0 Å². The fraction of sp³-hybridized carbons (Fsp3) is 0.591. The number of nitrogens with one attached hydrogen (secondary N) is 3. The van der Waals surface area contributed by atoms with Crippen molar-refractivity contribution in [2.45, 2.75) is 57.3 Å². The summed E-state index contributed by atoms with van der Waals surface area (Å²) in [4.78, 5) is 38.3. The van der Waals surface area contributed by atoms with E-state index in [2.05, 4.69) is 22.0 Å². The van der Waals surface area contributed by atoms with E-state index in [1.54, 1.807) is 4.90 Å². The van der Waals surface area contributed by atoms with E-state index in [1.165, 1.54) is 19.3 Å². The summed E-state index contributed by atoms with van der Waals surface area (Å²) in [7, 11) is 0. The highest BCUT2D eigenvalue weighted by atomic mass is 16.2. The van der Waals surface area contributed by atoms with Crippen molar-refractivity contribution in [2.24, 2.45) is 11.8 Å². The Morgan fingerprint density at radius 1 is 1.10 bits per heavy atom. The van der Waals surface area contributed by atoms with Crippen molar-refractivity contribution < 1.29 is 14.4 Å². The fourth-order valence-electron chi connectivity index (χ4n) is 5.66. The lowest BCUT2D eigenvalue weighted by atomic mass is 9.78. The molecule has 1 aliphatic carbocycles. The Balaban J connectivity index is 1.30. The van der Waals surface area contributed by atoms with Gasteiger partial charge in [0.25, 0.3) is 5.91 Å². The molecule has 4 atom stereocenters. The van der Waals surface area contributed by atoms with Crippen LogP contribution in [-0.4, -0.2) is 47.8 Å². The monoisotopic (exact) mass is 396 g/mol. The van der Waals surface area contributed by atoms with Crippen molar-refractivity contribution in [3.63, 3.8) is 0 Å². The molecule has 7 heteroatoms. The second-order valence-corrected chi connectivity index (χ2v) is 8.84. The van der Waals surface area contributed by atoms with Gasteiger partial charge in [-0.05, 0) is 61.4 Å². The van der Waals surface area contributed by atoms with E-state index in [9.17, 15) is 14.4 Å². The predicted molar refractivity (Wildman–Crippen MR) is 107 cm³/mol. The quantitative estimate of drug-likeness (QED) is 0.659. The number of piperidine rings is 1. The molecule has 3 heterocycles. The fourth-order valence-corrected chi connectivity index (χ4v) is 5.66. The average Bonchev–Trinajstić information content (AvgIpc) is 3.32. The van der Waals surface area contributed by atoms with Crippen LogP contribution in [0.1, 0.15) is 53.6 Å². The van der Waals surface area contributed by atoms with Crippen molar-refractivity contribution in [2.75, 3.05) is 13.1 Å². The Morgan fingerprint density at radius 3 is 2.86 bits per heavy atom. The lowest BCUT2D eigenvalue weighted by molar-refractivity contribution is -0.136. The molecule has 1 aromatic carbocycles. The summed E-state index contributed by atoms with van der Waals surface area (Å²) in [6.07, 6.45) is 4.49. The molecular formula is C22H28N4O3. The summed E-state index contributed by atoms with van der Waals surface area (Å²) in [6, 6.07) is 5.83. The van der Waals surface area contributed by atoms with Gasteiger partial charge in [-0.2, -0.15) is 0 Å². The zero-order valence-corrected chi connectivity index (χ0v) is 16.6. The van der Waals surface area contributed by atoms with E-state index in [0.29, 0.717) is 30.5 Å². The third-order valence-corrected chi connectivity index (χ3v) is 7.23. The molecule has 4 aliphatic rings. The second kappa shape index (κ2) is 7.54. The number of benzene rings is 1. The van der Waals surface area contributed by atoms with Gasteiger partial charge in [0.15, 0.2) is 0 Å². The number of rotatable bonds is 4. The van der Waals surface area contributed by atoms with Crippen LogP contribution in [0.4, 0.5) is 0 Å². The zero-order valence-electron chi connectivity index (χ0n) is 16.6. The van der Waals surface area contributed by atoms with Crippen molar-refractivity contribution in [1.82, 2.24) is 20.9 Å². The van der Waals surface area contributed by atoms with Crippen LogP contribution in [-0.2, 0) is 22.7 Å². The normalized spacial score (nSPS) is 31.6. The summed E-state index contributed by atoms with van der Waals surface area (Å²) in [6.45, 7) is 3.42. The van der Waals surface area contributed by atoms with Gasteiger partial charge in [0.2, 0.25) is 11.8 Å². The first kappa shape index (κ1) is 18.8. The molecule has 0 aromatic heterocycles. The minimum absolute atomic E-state index is 0.103. The molecule has 29 heavy (non-hydrogen) atoms. The van der Waals surface area contributed by atoms with Crippen LogP contribution in [0.15, 0.2) is 18.2 Å². The molecule has 0 spiro atoms. The number of carbonyl (C=O) groups excluding carboxylic acids is 3. The number of hydrogen-bond acceptors (Lipinski definition) is 5. The SMILES string of the molecule is O=C1CCC(N2Cc3c(CNC4CCCC5CNCC54)cccc3C2=O)C(=O)N1. The summed E-state index contributed by atoms with van der Waals surface area (Å²) in [5, 5.41) is 9.67. The van der Waals surface area contributed by atoms with Crippen molar-refractivity contribution in [1.29, 1.82) is 0 Å². The van der Waals surface area contributed by atoms with Crippen molar-refractivity contribution in [3.05, 3.63) is 34.9 Å². The molecule has 1 aromatic rings. The van der Waals surface area contributed by atoms with Crippen LogP contribution in [0.5, 0.6) is 0 Å². The van der Waals surface area contributed by atoms with Crippen molar-refractivity contribution >= 4 is 17.7 Å². The molecule has 0 radical (unpaired) electrons. The minimum Gasteiger partial charge on any atom is -0.322 e. The number of amides is 3. The molecule has 7 nitrogen and oxygen atoms in total. The first-order valence-corrected chi connectivity index (χ1v) is 10.8. The number of carbonyl (C=O) groups is 3. The van der Waals surface area contributed by atoms with Gasteiger partial charge in [0.05, 0.1) is 0 Å². The third kappa shape index (κ3) is 3.36. The molecule has 1 saturated carbocycles. The molecule has 3 amide bonds. The van der Waals surface area contributed by atoms with Gasteiger partial charge >= 0.3 is 0 Å². The van der Waals surface area contributed by atoms with E-state index in [-0.39, 0.29) is 24.1 Å². The standard InChI is InChI=1S/C22H28N4O3/c27-20-8-7-19(21(28)25-20)26-12-17-14(3-1-5-15(17)22(26)29)10-24-18-6-2-4-13-9-23-11-16(13)18/h1,3,5,13,16,18-19,23-24H,2,4,6-12H2,(H,25,27,28). The molecule has 0 bridgehead atoms. The number of imide groups is 1. The number of nitrogens with zero attached hydrogens (tertiary/aromatic N) is 1. The topological polar surface area (TPSA) is 90.5 Å². The Labute approximate surface area is 170 Å². The predicted octanol–water partition coefficient (Wildman–Crippen LogP) is 0.925. The molecule has 3 aliphatic heterocycles. The molecular weight excluding hydrogens is 368 g/mol. The molecule has 3 fully saturated rings. The van der Waals surface area contributed by atoms with E-state index < -0.39 is 6.04 Å². The summed E-state index contributed by atoms with van der Waals surface area (Å²) >= 11 is 0. The van der Waals surface area contributed by atoms with Gasteiger partial charge in [0, 0.05) is 31.1 Å². The molecule has 154 valence electrons. The summed E-state index contributed by atoms with van der Waals surface area (Å²) in [5.74, 6) is 0.764. The van der Waals surface area contributed by atoms with E-state index >= 15 is 0 Å². The zero-order chi connectivity index (χ0) is 20.0. The maximum atomic E-state index is 13.0. The van der Waals surface area contributed by atoms with Crippen LogP contribution in [0, 0.1) is 11.8 Å². The van der Waals surface area contributed by atoms with Gasteiger partial charge in [-0.3, -0.25) is 19.7 Å². The first-order valence-electron chi connectivity index (χ1n) is 10.8. The number of fused-ring (bicyclic) bond motifs is 2. The summed E-state index contributed by atoms with van der Waals surface area (Å²) in [5.41, 5.74) is 2.85. The van der Waals surface area contributed by atoms with Crippen LogP contribution >= 0.6 is 0 Å². The van der Waals surface area contributed by atoms with Gasteiger partial charge in [0.1, 0.15) is 6.04 Å². The smallest absolute Gasteiger partial charge is 0.255 e. The molecule has 5 rings (SSSR count). The second-order valence-electron chi connectivity index (χ2n) is 8.84. The Hall–Kier alpha value is -2.25. The lowest BCUT2D eigenvalue weighted by Crippen LogP contribution is -2.52. The Morgan fingerprint density at radius 2 is 2.00 bits per heavy atom. The maximum absolute atomic E-state index is 13.0. The van der Waals surface area contributed by atoms with E-state index in [0.717, 1.165) is 36.7 Å². The first-order chi connectivity index (χ1) is 14.1. The van der Waals surface area contributed by atoms with Gasteiger partial charge < -0.3 is 15.5 Å². The highest BCUT2D eigenvalue weighted by Crippen LogP contribution is 2.34. The average molecular weight is 396 g/mol. The third-order valence-electron chi connectivity index (χ3n) is 7.23. The molecule has 3 N–H and O–H groups in total. The molecule has 4 unspecified atom stereocenters. The maximum Gasteiger partial charge on any atom is 0.255 e. The van der Waals surface area contributed by atoms with E-state index in [1.807, 2.05) is 12.1 Å². The van der Waals surface area contributed by atoms with Crippen LogP contribution in [0.2, 0.25) is 0 Å². The minimum atomic E-state index is -0.558. The molecule has 2 saturated heterocycles. The van der Waals surface area contributed by atoms with Crippen molar-refractivity contribution in [3.8, 4) is 0 Å². The van der Waals surface area contributed by atoms with Crippen LogP contribution in [0.25, 0.3) is 0 Å². The lowest BCUT2D eigenvalue weighted by Gasteiger charge is -2.34. The van der Waals surface area contributed by atoms with Gasteiger partial charge in [-0.25, -0.2) is 0 Å². The Kier molecular flexibility index (Phi) is 4.87. The summed E-state index contributed by atoms with van der Waals surface area (Å²) < 4.78 is 0. The highest BCUT2D eigenvalue weighted by Gasteiger charge is 2.40. The Bertz CT molecular complexity index is 854. The highest BCUT2D eigenvalue weighted by molar-refractivity contribution is 6.05. The van der Waals surface area contributed by atoms with Crippen LogP contribution < -0.4 is 16.0 Å². The van der Waals surface area contributed by atoms with Gasteiger partial charge in [-0.1, -0.05) is 18.6 Å². The van der Waals surface area contributed by atoms with Crippen LogP contribution in [0.3, 0.4) is 0 Å².